The third-order valence-electron chi connectivity index (χ3n) is 11.9. The molecule has 3 aromatic rings. The first kappa shape index (κ1) is 38.9. The monoisotopic (exact) mass is 801 g/mol. The van der Waals surface area contributed by atoms with Crippen molar-refractivity contribution in [1.29, 1.82) is 0 Å². The number of benzene rings is 2. The fourth-order valence-electron chi connectivity index (χ4n) is 8.29. The molecule has 8 rings (SSSR count). The number of carbonyl (C=O) groups excluding carboxylic acids is 4. The second kappa shape index (κ2) is 15.4. The maximum atomic E-state index is 14.6. The lowest BCUT2D eigenvalue weighted by molar-refractivity contribution is -0.134. The molecule has 6 bridgehead atoms. The highest BCUT2D eigenvalue weighted by molar-refractivity contribution is 7.91. The Kier molecular flexibility index (Phi) is 10.5. The van der Waals surface area contributed by atoms with Gasteiger partial charge in [-0.1, -0.05) is 76.3 Å². The minimum Gasteiger partial charge on any atom is -0.493 e. The van der Waals surface area contributed by atoms with Gasteiger partial charge in [-0.3, -0.25) is 19.1 Å². The number of hydrogen-bond acceptors (Lipinski definition) is 10. The molecule has 0 spiro atoms. The zero-order valence-corrected chi connectivity index (χ0v) is 33.3. The molecular formula is C42H51N5O9S. The van der Waals surface area contributed by atoms with Crippen LogP contribution in [0, 0.1) is 17.3 Å². The van der Waals surface area contributed by atoms with E-state index >= 15 is 0 Å². The average Bonchev–Trinajstić information content (AvgIpc) is 4.11. The summed E-state index contributed by atoms with van der Waals surface area (Å²) in [6, 6.07) is 16.0. The maximum absolute atomic E-state index is 14.6. The maximum Gasteiger partial charge on any atom is 0.407 e. The molecule has 15 heteroatoms. The third kappa shape index (κ3) is 8.53. The van der Waals surface area contributed by atoms with Gasteiger partial charge in [0.05, 0.1) is 29.8 Å². The lowest BCUT2D eigenvalue weighted by atomic mass is 9.96. The summed E-state index contributed by atoms with van der Waals surface area (Å²) in [5.41, 5.74) is -0.0261. The predicted molar refractivity (Wildman–Crippen MR) is 211 cm³/mol. The first-order valence-electron chi connectivity index (χ1n) is 20.2. The summed E-state index contributed by atoms with van der Waals surface area (Å²) in [4.78, 5) is 62.8. The highest BCUT2D eigenvalue weighted by Crippen LogP contribution is 2.48. The van der Waals surface area contributed by atoms with Crippen LogP contribution in [0.25, 0.3) is 22.2 Å². The minimum atomic E-state index is -3.87. The predicted octanol–water partition coefficient (Wildman–Crippen LogP) is 4.85. The number of aromatic nitrogens is 1. The molecular weight excluding hydrogens is 751 g/mol. The number of fused-ring (bicyclic) bond motifs is 10. The Morgan fingerprint density at radius 2 is 1.65 bits per heavy atom. The summed E-state index contributed by atoms with van der Waals surface area (Å²) in [5, 5.41) is 6.02. The minimum absolute atomic E-state index is 0.00524. The highest BCUT2D eigenvalue weighted by Gasteiger charge is 2.62. The number of pyridine rings is 1. The van der Waals surface area contributed by atoms with Crippen molar-refractivity contribution in [3.63, 3.8) is 0 Å². The summed E-state index contributed by atoms with van der Waals surface area (Å²) in [6.45, 7) is 4.07. The van der Waals surface area contributed by atoms with Crippen molar-refractivity contribution in [2.24, 2.45) is 17.3 Å². The number of nitrogens with one attached hydrogen (secondary N) is 3. The summed E-state index contributed by atoms with van der Waals surface area (Å²) in [7, 11) is -3.87. The Bertz CT molecular complexity index is 2180. The van der Waals surface area contributed by atoms with Gasteiger partial charge in [-0.25, -0.2) is 18.2 Å². The summed E-state index contributed by atoms with van der Waals surface area (Å²) < 4.78 is 46.9. The Balaban J connectivity index is 1.19. The van der Waals surface area contributed by atoms with Crippen molar-refractivity contribution < 1.29 is 41.8 Å². The van der Waals surface area contributed by atoms with E-state index in [4.69, 9.17) is 19.2 Å². The van der Waals surface area contributed by atoms with Crippen LogP contribution in [0.5, 0.6) is 11.5 Å². The number of hydrogen-bond donors (Lipinski definition) is 3. The van der Waals surface area contributed by atoms with Crippen molar-refractivity contribution in [3.05, 3.63) is 54.6 Å². The molecule has 5 aliphatic rings. The quantitative estimate of drug-likeness (QED) is 0.331. The van der Waals surface area contributed by atoms with Crippen LogP contribution < -0.4 is 24.8 Å². The van der Waals surface area contributed by atoms with E-state index in [2.05, 4.69) is 15.4 Å². The number of nitrogens with zero attached hydrogens (tertiary/aromatic N) is 2. The number of carbonyl (C=O) groups is 4. The number of ether oxygens (including phenoxy) is 3. The molecule has 4 heterocycles. The summed E-state index contributed by atoms with van der Waals surface area (Å²) >= 11 is 0. The molecule has 2 saturated carbocycles. The average molecular weight is 802 g/mol. The van der Waals surface area contributed by atoms with E-state index in [9.17, 15) is 27.6 Å². The van der Waals surface area contributed by atoms with E-state index in [0.29, 0.717) is 61.3 Å². The Hall–Kier alpha value is -4.92. The summed E-state index contributed by atoms with van der Waals surface area (Å²) in [5.74, 6) is -1.84. The van der Waals surface area contributed by atoms with Crippen LogP contribution >= 0.6 is 0 Å². The molecule has 4 fully saturated rings. The molecule has 4 amide bonds. The second-order valence-electron chi connectivity index (χ2n) is 17.2. The fourth-order valence-corrected chi connectivity index (χ4v) is 9.65. The molecule has 1 unspecified atom stereocenters. The zero-order chi connectivity index (χ0) is 40.0. The number of alkyl carbamates (subject to hydrolysis) is 1. The van der Waals surface area contributed by atoms with Gasteiger partial charge in [0.1, 0.15) is 41.5 Å². The molecule has 0 radical (unpaired) electrons. The number of amides is 4. The second-order valence-corrected chi connectivity index (χ2v) is 19.1. The van der Waals surface area contributed by atoms with Crippen molar-refractivity contribution in [2.45, 2.75) is 101 Å². The van der Waals surface area contributed by atoms with E-state index in [0.717, 1.165) is 36.6 Å². The molecule has 1 aromatic heterocycles. The molecule has 304 valence electrons. The van der Waals surface area contributed by atoms with Crippen molar-refractivity contribution in [1.82, 2.24) is 25.2 Å². The van der Waals surface area contributed by atoms with Gasteiger partial charge in [-0.05, 0) is 62.3 Å². The van der Waals surface area contributed by atoms with Crippen LogP contribution in [0.3, 0.4) is 0 Å². The molecule has 2 aliphatic carbocycles. The Labute approximate surface area is 332 Å². The van der Waals surface area contributed by atoms with Gasteiger partial charge >= 0.3 is 6.09 Å². The first-order chi connectivity index (χ1) is 27.3. The van der Waals surface area contributed by atoms with Gasteiger partial charge in [0, 0.05) is 22.9 Å². The zero-order valence-electron chi connectivity index (χ0n) is 32.5. The number of cyclic esters (lactones) is 1. The van der Waals surface area contributed by atoms with Gasteiger partial charge in [0.2, 0.25) is 21.8 Å². The standard InChI is InChI=1S/C42H51N5O9S/c1-41(2)24-54-29-14-10-12-27(19-29)36-34(20-26-11-8-9-15-32(26)43-36)56-35-23-47-22-31(35)37(48)45-42(39(50)46-57(52,53)30-17-18-30)21-28(42)13-6-4-3-5-7-16-33(38(47)49)44-40(51)55-25-41/h8-12,14-15,19-20,28,30-31,33,35H,3-7,13,16-18,21-25H2,1-2H3,(H,44,51)(H,45,48)(H,46,50)/t28-,31?,33+,35+,42-/m1/s1. The van der Waals surface area contributed by atoms with Gasteiger partial charge in [0.25, 0.3) is 5.91 Å². The van der Waals surface area contributed by atoms with Crippen LogP contribution in [0.2, 0.25) is 0 Å². The normalized spacial score (nSPS) is 28.3. The van der Waals surface area contributed by atoms with E-state index in [1.807, 2.05) is 68.4 Å². The van der Waals surface area contributed by atoms with E-state index in [1.165, 1.54) is 4.90 Å². The van der Waals surface area contributed by atoms with Gasteiger partial charge in [-0.15, -0.1) is 0 Å². The van der Waals surface area contributed by atoms with Crippen molar-refractivity contribution >= 4 is 44.7 Å². The number of rotatable bonds is 3. The topological polar surface area (TPSA) is 182 Å². The van der Waals surface area contributed by atoms with Crippen molar-refractivity contribution in [2.75, 3.05) is 26.3 Å². The SMILES string of the molecule is CC1(C)COC(=O)N[C@H]2CCCCCCC[C@@H]3C[C@@]3(C(=O)NS(=O)(=O)C3CC3)NC(=O)C3CN(C[C@@H]3Oc3cc4ccccc4nc3-c3cccc(c3)OC1)C2=O. The largest absolute Gasteiger partial charge is 0.493 e. The first-order valence-corrected chi connectivity index (χ1v) is 21.7. The molecule has 5 atom stereocenters. The molecule has 3 N–H and O–H groups in total. The third-order valence-corrected chi connectivity index (χ3v) is 13.7. The molecule has 2 aromatic carbocycles. The molecule has 57 heavy (non-hydrogen) atoms. The Morgan fingerprint density at radius 3 is 2.46 bits per heavy atom. The number of sulfonamides is 1. The van der Waals surface area contributed by atoms with Crippen LogP contribution in [0.15, 0.2) is 54.6 Å². The van der Waals surface area contributed by atoms with Crippen LogP contribution in [-0.2, 0) is 29.1 Å². The van der Waals surface area contributed by atoms with Gasteiger partial charge in [0.15, 0.2) is 0 Å². The smallest absolute Gasteiger partial charge is 0.407 e. The fraction of sp³-hybridized carbons (Fsp3) is 0.548. The summed E-state index contributed by atoms with van der Waals surface area (Å²) in [6.07, 6.45) is 4.73. The van der Waals surface area contributed by atoms with Crippen LogP contribution in [-0.4, -0.2) is 91.4 Å². The number of para-hydroxylation sites is 1. The van der Waals surface area contributed by atoms with Gasteiger partial charge in [-0.2, -0.15) is 0 Å². The van der Waals surface area contributed by atoms with Crippen LogP contribution in [0.4, 0.5) is 4.79 Å². The van der Waals surface area contributed by atoms with E-state index in [-0.39, 0.29) is 38.1 Å². The molecule has 3 aliphatic heterocycles. The van der Waals surface area contributed by atoms with Gasteiger partial charge < -0.3 is 29.7 Å². The lowest BCUT2D eigenvalue weighted by Gasteiger charge is -2.27. The van der Waals surface area contributed by atoms with E-state index < -0.39 is 62.2 Å². The van der Waals surface area contributed by atoms with Crippen molar-refractivity contribution in [3.8, 4) is 22.8 Å². The molecule has 14 nitrogen and oxygen atoms in total. The lowest BCUT2D eigenvalue weighted by Crippen LogP contribution is -2.55. The Morgan fingerprint density at radius 1 is 0.895 bits per heavy atom. The van der Waals surface area contributed by atoms with Crippen LogP contribution in [0.1, 0.15) is 78.1 Å². The molecule has 2 saturated heterocycles. The van der Waals surface area contributed by atoms with E-state index in [1.54, 1.807) is 0 Å². The highest BCUT2D eigenvalue weighted by atomic mass is 32.2.